The van der Waals surface area contributed by atoms with Gasteiger partial charge in [-0.1, -0.05) is 26.2 Å². The molecule has 0 bridgehead atoms. The van der Waals surface area contributed by atoms with E-state index in [0.717, 1.165) is 47.7 Å². The molecule has 2 N–H and O–H groups in total. The smallest absolute Gasteiger partial charge is 0.262 e. The number of hydrogen-bond donors (Lipinski definition) is 2. The van der Waals surface area contributed by atoms with Gasteiger partial charge in [0.25, 0.3) is 5.91 Å². The van der Waals surface area contributed by atoms with Gasteiger partial charge in [-0.3, -0.25) is 9.59 Å². The Labute approximate surface area is 181 Å². The quantitative estimate of drug-likeness (QED) is 0.648. The fourth-order valence-electron chi connectivity index (χ4n) is 4.36. The molecule has 1 aromatic carbocycles. The number of benzene rings is 1. The topological polar surface area (TPSA) is 80.3 Å². The van der Waals surface area contributed by atoms with E-state index in [2.05, 4.69) is 22.5 Å². The molecular weight excluding hydrogens is 398 g/mol. The van der Waals surface area contributed by atoms with Gasteiger partial charge in [0, 0.05) is 16.4 Å². The van der Waals surface area contributed by atoms with Gasteiger partial charge in [0.15, 0.2) is 11.7 Å². The van der Waals surface area contributed by atoms with Crippen LogP contribution in [0.2, 0.25) is 0 Å². The highest BCUT2D eigenvalue weighted by Gasteiger charge is 2.27. The van der Waals surface area contributed by atoms with Crippen LogP contribution in [0.15, 0.2) is 18.2 Å². The second kappa shape index (κ2) is 9.16. The monoisotopic (exact) mass is 427 g/mol. The molecule has 30 heavy (non-hydrogen) atoms. The van der Waals surface area contributed by atoms with Crippen molar-refractivity contribution in [3.05, 3.63) is 23.1 Å². The van der Waals surface area contributed by atoms with Gasteiger partial charge < -0.3 is 15.4 Å². The highest BCUT2D eigenvalue weighted by Crippen LogP contribution is 2.37. The number of nitrogens with one attached hydrogen (secondary N) is 2. The van der Waals surface area contributed by atoms with Gasteiger partial charge in [-0.25, -0.2) is 4.98 Å². The summed E-state index contributed by atoms with van der Waals surface area (Å²) < 4.78 is 5.42. The molecule has 160 valence electrons. The van der Waals surface area contributed by atoms with Crippen molar-refractivity contribution in [1.82, 2.24) is 4.98 Å². The number of aromatic nitrogens is 1. The molecule has 0 atom stereocenters. The van der Waals surface area contributed by atoms with Crippen LogP contribution >= 0.6 is 11.3 Å². The second-order valence-corrected chi connectivity index (χ2v) is 9.52. The number of rotatable bonds is 6. The second-order valence-electron chi connectivity index (χ2n) is 8.32. The van der Waals surface area contributed by atoms with Crippen molar-refractivity contribution >= 4 is 34.0 Å². The molecule has 0 saturated heterocycles. The summed E-state index contributed by atoms with van der Waals surface area (Å²) in [7, 11) is 0. The lowest BCUT2D eigenvalue weighted by molar-refractivity contribution is -0.121. The number of carbonyl (C=O) groups excluding carboxylic acids is 2. The summed E-state index contributed by atoms with van der Waals surface area (Å²) in [5.74, 6) is 1.47. The fourth-order valence-corrected chi connectivity index (χ4v) is 5.20. The number of ether oxygens (including phenoxy) is 1. The van der Waals surface area contributed by atoms with Crippen LogP contribution < -0.4 is 15.4 Å². The zero-order valence-electron chi connectivity index (χ0n) is 17.6. The van der Waals surface area contributed by atoms with Crippen LogP contribution in [0.4, 0.5) is 10.8 Å². The standard InChI is InChI=1S/C23H29N3O3S/c1-3-4-5-15-6-8-16(9-7-15)22(28)26-23-25-21(14(2)30-23)17-10-11-19-18(12-17)24-20(27)13-29-19/h10-12,15-16H,3-9,13H2,1-2H3,(H,24,27)(H,25,26,28). The largest absolute Gasteiger partial charge is 0.482 e. The van der Waals surface area contributed by atoms with Crippen molar-refractivity contribution < 1.29 is 14.3 Å². The molecule has 1 aliphatic heterocycles. The van der Waals surface area contributed by atoms with E-state index in [0.29, 0.717) is 16.6 Å². The molecule has 1 aromatic heterocycles. The summed E-state index contributed by atoms with van der Waals surface area (Å²) in [6.45, 7) is 4.27. The summed E-state index contributed by atoms with van der Waals surface area (Å²) >= 11 is 1.49. The first kappa shape index (κ1) is 20.8. The summed E-state index contributed by atoms with van der Waals surface area (Å²) in [6.07, 6.45) is 8.10. The Morgan fingerprint density at radius 3 is 2.87 bits per heavy atom. The van der Waals surface area contributed by atoms with Gasteiger partial charge in [0.05, 0.1) is 11.4 Å². The first-order valence-electron chi connectivity index (χ1n) is 10.9. The first-order valence-corrected chi connectivity index (χ1v) is 11.7. The lowest BCUT2D eigenvalue weighted by Crippen LogP contribution is -2.27. The van der Waals surface area contributed by atoms with Crippen LogP contribution in [0.3, 0.4) is 0 Å². The maximum atomic E-state index is 12.8. The van der Waals surface area contributed by atoms with Gasteiger partial charge in [0.2, 0.25) is 5.91 Å². The van der Waals surface area contributed by atoms with Gasteiger partial charge in [-0.2, -0.15) is 0 Å². The van der Waals surface area contributed by atoms with E-state index in [1.807, 2.05) is 25.1 Å². The van der Waals surface area contributed by atoms with Crippen LogP contribution in [-0.2, 0) is 9.59 Å². The lowest BCUT2D eigenvalue weighted by Gasteiger charge is -2.27. The van der Waals surface area contributed by atoms with E-state index in [-0.39, 0.29) is 24.3 Å². The summed E-state index contributed by atoms with van der Waals surface area (Å²) in [5, 5.41) is 6.51. The minimum atomic E-state index is -0.160. The molecular formula is C23H29N3O3S. The Kier molecular flexibility index (Phi) is 6.37. The molecule has 2 heterocycles. The summed E-state index contributed by atoms with van der Waals surface area (Å²) in [5.41, 5.74) is 2.37. The third-order valence-corrected chi connectivity index (χ3v) is 6.98. The zero-order chi connectivity index (χ0) is 21.1. The number of fused-ring (bicyclic) bond motifs is 1. The predicted molar refractivity (Wildman–Crippen MR) is 120 cm³/mol. The summed E-state index contributed by atoms with van der Waals surface area (Å²) in [4.78, 5) is 30.1. The third kappa shape index (κ3) is 4.67. The average molecular weight is 428 g/mol. The van der Waals surface area contributed by atoms with E-state index in [1.54, 1.807) is 0 Å². The van der Waals surface area contributed by atoms with Gasteiger partial charge in [-0.15, -0.1) is 11.3 Å². The highest BCUT2D eigenvalue weighted by atomic mass is 32.1. The first-order chi connectivity index (χ1) is 14.5. The number of carbonyl (C=O) groups is 2. The maximum Gasteiger partial charge on any atom is 0.262 e. The molecule has 1 aliphatic carbocycles. The van der Waals surface area contributed by atoms with Crippen LogP contribution in [0.1, 0.15) is 56.7 Å². The van der Waals surface area contributed by atoms with E-state index in [9.17, 15) is 9.59 Å². The Bertz CT molecular complexity index is 932. The SMILES string of the molecule is CCCCC1CCC(C(=O)Nc2nc(-c3ccc4c(c3)NC(=O)CO4)c(C)s2)CC1. The maximum absolute atomic E-state index is 12.8. The number of hydrogen-bond acceptors (Lipinski definition) is 5. The number of amides is 2. The molecule has 6 nitrogen and oxygen atoms in total. The minimum absolute atomic E-state index is 0.0404. The molecule has 0 radical (unpaired) electrons. The van der Waals surface area contributed by atoms with Crippen molar-refractivity contribution in [2.75, 3.05) is 17.2 Å². The molecule has 4 rings (SSSR count). The molecule has 2 aliphatic rings. The predicted octanol–water partition coefficient (Wildman–Crippen LogP) is 5.38. The molecule has 0 spiro atoms. The van der Waals surface area contributed by atoms with E-state index >= 15 is 0 Å². The third-order valence-electron chi connectivity index (χ3n) is 6.10. The lowest BCUT2D eigenvalue weighted by atomic mass is 9.79. The van der Waals surface area contributed by atoms with E-state index < -0.39 is 0 Å². The van der Waals surface area contributed by atoms with Crippen molar-refractivity contribution in [3.63, 3.8) is 0 Å². The number of anilines is 2. The molecule has 7 heteroatoms. The van der Waals surface area contributed by atoms with Gasteiger partial charge in [0.1, 0.15) is 5.75 Å². The van der Waals surface area contributed by atoms with Gasteiger partial charge >= 0.3 is 0 Å². The van der Waals surface area contributed by atoms with E-state index in [4.69, 9.17) is 4.74 Å². The minimum Gasteiger partial charge on any atom is -0.482 e. The molecule has 1 fully saturated rings. The summed E-state index contributed by atoms with van der Waals surface area (Å²) in [6, 6.07) is 5.65. The van der Waals surface area contributed by atoms with Crippen molar-refractivity contribution in [2.45, 2.75) is 58.8 Å². The van der Waals surface area contributed by atoms with Crippen LogP contribution in [0.25, 0.3) is 11.3 Å². The molecule has 2 amide bonds. The molecule has 0 unspecified atom stereocenters. The Morgan fingerprint density at radius 1 is 1.30 bits per heavy atom. The van der Waals surface area contributed by atoms with Crippen molar-refractivity contribution in [2.24, 2.45) is 11.8 Å². The van der Waals surface area contributed by atoms with Gasteiger partial charge in [-0.05, 0) is 56.7 Å². The van der Waals surface area contributed by atoms with E-state index in [1.165, 1.54) is 30.6 Å². The normalized spacial score (nSPS) is 20.8. The average Bonchev–Trinajstić information content (AvgIpc) is 3.11. The zero-order valence-corrected chi connectivity index (χ0v) is 18.4. The Hall–Kier alpha value is -2.41. The molecule has 1 saturated carbocycles. The van der Waals surface area contributed by atoms with Crippen molar-refractivity contribution in [1.29, 1.82) is 0 Å². The number of unbranched alkanes of at least 4 members (excludes halogenated alkanes) is 1. The van der Waals surface area contributed by atoms with Crippen LogP contribution in [0.5, 0.6) is 5.75 Å². The van der Waals surface area contributed by atoms with Crippen LogP contribution in [-0.4, -0.2) is 23.4 Å². The number of nitrogens with zero attached hydrogens (tertiary/aromatic N) is 1. The fraction of sp³-hybridized carbons (Fsp3) is 0.522. The highest BCUT2D eigenvalue weighted by molar-refractivity contribution is 7.16. The number of thiazole rings is 1. The Morgan fingerprint density at radius 2 is 2.10 bits per heavy atom. The molecule has 2 aromatic rings. The van der Waals surface area contributed by atoms with Crippen LogP contribution in [0, 0.1) is 18.8 Å². The number of aryl methyl sites for hydroxylation is 1. The van der Waals surface area contributed by atoms with Crippen molar-refractivity contribution in [3.8, 4) is 17.0 Å². The Balaban J connectivity index is 1.40.